The minimum Gasteiger partial charge on any atom is -0.480 e. The Morgan fingerprint density at radius 3 is 2.40 bits per heavy atom. The van der Waals surface area contributed by atoms with E-state index in [0.29, 0.717) is 17.0 Å². The average molecular weight is 316 g/mol. The molecule has 0 saturated heterocycles. The molecule has 1 atom stereocenters. The number of thioether (sulfide) groups is 1. The number of carboxylic acids is 1. The highest BCUT2D eigenvalue weighted by molar-refractivity contribution is 8.01. The van der Waals surface area contributed by atoms with E-state index in [1.54, 1.807) is 19.1 Å². The topological polar surface area (TPSA) is 83.5 Å². The average Bonchev–Trinajstić information content (AvgIpc) is 2.39. The lowest BCUT2D eigenvalue weighted by Crippen LogP contribution is -2.32. The smallest absolute Gasteiger partial charge is 0.316 e. The van der Waals surface area contributed by atoms with Crippen LogP contribution in [-0.2, 0) is 9.59 Å². The molecule has 0 aliphatic carbocycles. The predicted octanol–water partition coefficient (Wildman–Crippen LogP) is 2.19. The maximum Gasteiger partial charge on any atom is 0.316 e. The molecular formula is C13H14ClNO4S. The van der Waals surface area contributed by atoms with Gasteiger partial charge < -0.3 is 5.11 Å². The van der Waals surface area contributed by atoms with Gasteiger partial charge in [0.05, 0.1) is 5.75 Å². The number of rotatable bonds is 6. The number of amides is 2. The van der Waals surface area contributed by atoms with E-state index in [9.17, 15) is 14.4 Å². The molecule has 1 aromatic carbocycles. The first kappa shape index (κ1) is 16.5. The fourth-order valence-corrected chi connectivity index (χ4v) is 2.31. The minimum absolute atomic E-state index is 0.0792. The monoisotopic (exact) mass is 315 g/mol. The Labute approximate surface area is 125 Å². The first-order valence-corrected chi connectivity index (χ1v) is 7.31. The van der Waals surface area contributed by atoms with E-state index in [-0.39, 0.29) is 5.75 Å². The molecule has 0 bridgehead atoms. The van der Waals surface area contributed by atoms with Gasteiger partial charge in [-0.05, 0) is 30.7 Å². The zero-order chi connectivity index (χ0) is 15.1. The summed E-state index contributed by atoms with van der Waals surface area (Å²) in [6, 6.07) is 6.11. The number of imide groups is 1. The number of carbonyl (C=O) groups excluding carboxylic acids is 2. The van der Waals surface area contributed by atoms with Crippen LogP contribution in [0.5, 0.6) is 0 Å². The van der Waals surface area contributed by atoms with Gasteiger partial charge in [0, 0.05) is 10.6 Å². The third-order valence-corrected chi connectivity index (χ3v) is 4.04. The van der Waals surface area contributed by atoms with Crippen LogP contribution in [0.25, 0.3) is 0 Å². The second-order valence-electron chi connectivity index (χ2n) is 3.93. The Balaban J connectivity index is 2.48. The van der Waals surface area contributed by atoms with Crippen molar-refractivity contribution in [3.8, 4) is 0 Å². The van der Waals surface area contributed by atoms with Gasteiger partial charge in [0.15, 0.2) is 0 Å². The molecule has 0 aliphatic heterocycles. The standard InChI is InChI=1S/C13H14ClNO4S/c1-2-10(13(18)19)20-7-11(16)15-12(17)8-3-5-9(14)6-4-8/h3-6,10H,2,7H2,1H3,(H,18,19)(H,15,16,17). The van der Waals surface area contributed by atoms with Crippen LogP contribution >= 0.6 is 23.4 Å². The van der Waals surface area contributed by atoms with Crippen LogP contribution in [0.2, 0.25) is 5.02 Å². The van der Waals surface area contributed by atoms with Crippen molar-refractivity contribution in [2.45, 2.75) is 18.6 Å². The summed E-state index contributed by atoms with van der Waals surface area (Å²) in [5.74, 6) is -2.09. The lowest BCUT2D eigenvalue weighted by molar-refractivity contribution is -0.136. The van der Waals surface area contributed by atoms with Crippen molar-refractivity contribution in [2.24, 2.45) is 0 Å². The molecule has 2 N–H and O–H groups in total. The van der Waals surface area contributed by atoms with Crippen molar-refractivity contribution in [3.63, 3.8) is 0 Å². The van der Waals surface area contributed by atoms with Gasteiger partial charge in [0.2, 0.25) is 5.91 Å². The number of halogens is 1. The Bertz CT molecular complexity index is 504. The molecule has 1 unspecified atom stereocenters. The van der Waals surface area contributed by atoms with Crippen molar-refractivity contribution in [1.82, 2.24) is 5.32 Å². The van der Waals surface area contributed by atoms with Crippen molar-refractivity contribution in [2.75, 3.05) is 5.75 Å². The molecule has 0 fully saturated rings. The molecule has 1 aromatic rings. The van der Waals surface area contributed by atoms with Gasteiger partial charge in [-0.1, -0.05) is 18.5 Å². The van der Waals surface area contributed by atoms with Crippen LogP contribution in [0, 0.1) is 0 Å². The molecule has 1 rings (SSSR count). The summed E-state index contributed by atoms with van der Waals surface area (Å²) in [6.07, 6.45) is 0.415. The Kier molecular flexibility index (Phi) is 6.54. The molecular weight excluding hydrogens is 302 g/mol. The number of aliphatic carboxylic acids is 1. The maximum absolute atomic E-state index is 11.7. The first-order chi connectivity index (χ1) is 9.43. The third-order valence-electron chi connectivity index (χ3n) is 2.42. The number of carbonyl (C=O) groups is 3. The van der Waals surface area contributed by atoms with Crippen LogP contribution in [0.4, 0.5) is 0 Å². The van der Waals surface area contributed by atoms with Crippen LogP contribution in [-0.4, -0.2) is 33.9 Å². The van der Waals surface area contributed by atoms with Crippen molar-refractivity contribution in [3.05, 3.63) is 34.9 Å². The van der Waals surface area contributed by atoms with Crippen molar-refractivity contribution >= 4 is 41.1 Å². The summed E-state index contributed by atoms with van der Waals surface area (Å²) in [5, 5.41) is 10.9. The number of benzene rings is 1. The molecule has 5 nitrogen and oxygen atoms in total. The number of carboxylic acid groups (broad SMARTS) is 1. The molecule has 0 heterocycles. The Morgan fingerprint density at radius 2 is 1.90 bits per heavy atom. The van der Waals surface area contributed by atoms with Crippen LogP contribution < -0.4 is 5.32 Å². The van der Waals surface area contributed by atoms with Gasteiger partial charge in [-0.3, -0.25) is 19.7 Å². The third kappa shape index (κ3) is 5.22. The van der Waals surface area contributed by atoms with Gasteiger partial charge in [-0.25, -0.2) is 0 Å². The first-order valence-electron chi connectivity index (χ1n) is 5.88. The zero-order valence-corrected chi connectivity index (χ0v) is 12.3. The Morgan fingerprint density at radius 1 is 1.30 bits per heavy atom. The molecule has 0 spiro atoms. The molecule has 0 radical (unpaired) electrons. The number of nitrogens with one attached hydrogen (secondary N) is 1. The van der Waals surface area contributed by atoms with Gasteiger partial charge in [0.1, 0.15) is 5.25 Å². The van der Waals surface area contributed by atoms with E-state index in [4.69, 9.17) is 16.7 Å². The van der Waals surface area contributed by atoms with Crippen LogP contribution in [0.1, 0.15) is 23.7 Å². The highest BCUT2D eigenvalue weighted by Gasteiger charge is 2.18. The van der Waals surface area contributed by atoms with Gasteiger partial charge >= 0.3 is 5.97 Å². The largest absolute Gasteiger partial charge is 0.480 e. The molecule has 108 valence electrons. The summed E-state index contributed by atoms with van der Waals surface area (Å²) in [5.41, 5.74) is 0.318. The second kappa shape index (κ2) is 7.91. The quantitative estimate of drug-likeness (QED) is 0.840. The Hall–Kier alpha value is -1.53. The molecule has 0 saturated carbocycles. The molecule has 7 heteroatoms. The van der Waals surface area contributed by atoms with Crippen LogP contribution in [0.3, 0.4) is 0 Å². The summed E-state index contributed by atoms with van der Waals surface area (Å²) in [7, 11) is 0. The molecule has 20 heavy (non-hydrogen) atoms. The summed E-state index contributed by atoms with van der Waals surface area (Å²) < 4.78 is 0. The summed E-state index contributed by atoms with van der Waals surface area (Å²) in [4.78, 5) is 34.1. The summed E-state index contributed by atoms with van der Waals surface area (Å²) >= 11 is 6.69. The fourth-order valence-electron chi connectivity index (χ4n) is 1.38. The maximum atomic E-state index is 11.7. The van der Waals surface area contributed by atoms with E-state index in [0.717, 1.165) is 11.8 Å². The number of hydrogen-bond acceptors (Lipinski definition) is 4. The van der Waals surface area contributed by atoms with E-state index < -0.39 is 23.0 Å². The number of hydrogen-bond donors (Lipinski definition) is 2. The lowest BCUT2D eigenvalue weighted by Gasteiger charge is -2.09. The SMILES string of the molecule is CCC(SCC(=O)NC(=O)c1ccc(Cl)cc1)C(=O)O. The van der Waals surface area contributed by atoms with Gasteiger partial charge in [0.25, 0.3) is 5.91 Å². The second-order valence-corrected chi connectivity index (χ2v) is 5.56. The van der Waals surface area contributed by atoms with E-state index in [2.05, 4.69) is 5.32 Å². The fraction of sp³-hybridized carbons (Fsp3) is 0.308. The predicted molar refractivity (Wildman–Crippen MR) is 78.1 cm³/mol. The summed E-state index contributed by atoms with van der Waals surface area (Å²) in [6.45, 7) is 1.72. The van der Waals surface area contributed by atoms with Crippen molar-refractivity contribution < 1.29 is 19.5 Å². The van der Waals surface area contributed by atoms with E-state index in [1.165, 1.54) is 12.1 Å². The molecule has 0 aliphatic rings. The highest BCUT2D eigenvalue weighted by Crippen LogP contribution is 2.14. The molecule has 0 aromatic heterocycles. The van der Waals surface area contributed by atoms with Crippen LogP contribution in [0.15, 0.2) is 24.3 Å². The highest BCUT2D eigenvalue weighted by atomic mass is 35.5. The minimum atomic E-state index is -0.964. The van der Waals surface area contributed by atoms with E-state index in [1.807, 2.05) is 0 Å². The van der Waals surface area contributed by atoms with E-state index >= 15 is 0 Å². The van der Waals surface area contributed by atoms with Gasteiger partial charge in [-0.2, -0.15) is 0 Å². The van der Waals surface area contributed by atoms with Crippen molar-refractivity contribution in [1.29, 1.82) is 0 Å². The normalized spacial score (nSPS) is 11.7. The van der Waals surface area contributed by atoms with Gasteiger partial charge in [-0.15, -0.1) is 11.8 Å². The lowest BCUT2D eigenvalue weighted by atomic mass is 10.2. The zero-order valence-electron chi connectivity index (χ0n) is 10.8. The molecule has 2 amide bonds.